The number of hydrazone groups is 1. The molecule has 14 nitrogen and oxygen atoms in total. The van der Waals surface area contributed by atoms with Gasteiger partial charge in [0.1, 0.15) is 10.5 Å². The van der Waals surface area contributed by atoms with E-state index in [2.05, 4.69) is 10.2 Å². The summed E-state index contributed by atoms with van der Waals surface area (Å²) < 4.78 is 73.8. The maximum atomic E-state index is 13.4. The summed E-state index contributed by atoms with van der Waals surface area (Å²) in [4.78, 5) is 39.3. The minimum Gasteiger partial charge on any atom is -0.461 e. The number of esters is 1. The summed E-state index contributed by atoms with van der Waals surface area (Å²) in [5.41, 5.74) is 0.0729. The smallest absolute Gasteiger partial charge is 0.359 e. The van der Waals surface area contributed by atoms with E-state index in [1.807, 2.05) is 6.92 Å². The lowest BCUT2D eigenvalue weighted by Gasteiger charge is -2.33. The van der Waals surface area contributed by atoms with Crippen LogP contribution in [-0.4, -0.2) is 81.5 Å². The summed E-state index contributed by atoms with van der Waals surface area (Å²) in [6, 6.07) is -1.67. The third kappa shape index (κ3) is 7.14. The van der Waals surface area contributed by atoms with Crippen molar-refractivity contribution in [2.24, 2.45) is 5.10 Å². The minimum absolute atomic E-state index is 0.0226. The van der Waals surface area contributed by atoms with Crippen molar-refractivity contribution < 1.29 is 40.3 Å². The summed E-state index contributed by atoms with van der Waals surface area (Å²) in [5, 5.41) is 5.77. The molecule has 0 radical (unpaired) electrons. The van der Waals surface area contributed by atoms with E-state index in [0.717, 1.165) is 11.4 Å². The fraction of sp³-hybridized carbons (Fsp3) is 0.571. The monoisotopic (exact) mass is 654 g/mol. The highest BCUT2D eigenvalue weighted by Gasteiger charge is 2.45. The Hall–Kier alpha value is -3.34. The number of rotatable bonds is 10. The number of carbonyl (C=O) groups excluding carboxylic acids is 2. The molecule has 2 saturated carbocycles. The number of nitrogens with one attached hydrogen (secondary N) is 1. The molecule has 1 aromatic rings. The van der Waals surface area contributed by atoms with E-state index < -0.39 is 60.3 Å². The second kappa shape index (κ2) is 13.7. The Morgan fingerprint density at radius 1 is 0.932 bits per heavy atom. The number of allylic oxidation sites excluding steroid dienone is 4. The molecule has 2 fully saturated rings. The van der Waals surface area contributed by atoms with E-state index in [0.29, 0.717) is 43.4 Å². The van der Waals surface area contributed by atoms with Gasteiger partial charge in [-0.2, -0.15) is 21.9 Å². The average molecular weight is 655 g/mol. The van der Waals surface area contributed by atoms with Crippen molar-refractivity contribution >= 4 is 43.9 Å². The second-order valence-electron chi connectivity index (χ2n) is 11.0. The second-order valence-corrected chi connectivity index (χ2v) is 14.3. The first kappa shape index (κ1) is 33.6. The van der Waals surface area contributed by atoms with Crippen molar-refractivity contribution in [3.05, 3.63) is 51.5 Å². The van der Waals surface area contributed by atoms with Gasteiger partial charge in [0, 0.05) is 5.69 Å². The molecular weight excluding hydrogens is 616 g/mol. The lowest BCUT2D eigenvalue weighted by Crippen LogP contribution is -2.47. The number of aryl methyl sites for hydroxylation is 1. The molecule has 4 rings (SSSR count). The Morgan fingerprint density at radius 2 is 1.52 bits per heavy atom. The molecule has 4 unspecified atom stereocenters. The van der Waals surface area contributed by atoms with Gasteiger partial charge in [-0.05, 0) is 51.2 Å². The Morgan fingerprint density at radius 3 is 2.11 bits per heavy atom. The first-order valence-corrected chi connectivity index (χ1v) is 17.7. The summed E-state index contributed by atoms with van der Waals surface area (Å²) >= 11 is 0. The average Bonchev–Trinajstić information content (AvgIpc) is 3.47. The number of aromatic amines is 1. The summed E-state index contributed by atoms with van der Waals surface area (Å²) in [7, 11) is -8.83. The number of nitrogens with zero attached hydrogens (tertiary/aromatic N) is 3. The number of amides is 1. The van der Waals surface area contributed by atoms with Gasteiger partial charge in [0.25, 0.3) is 31.7 Å². The molecule has 4 atom stereocenters. The lowest BCUT2D eigenvalue weighted by atomic mass is 9.94. The highest BCUT2D eigenvalue weighted by molar-refractivity contribution is 7.86. The zero-order chi connectivity index (χ0) is 32.2. The number of hydrogen-bond acceptors (Lipinski definition) is 9. The number of H-pyrrole nitrogens is 1. The molecule has 1 amide bonds. The Labute approximate surface area is 256 Å². The van der Waals surface area contributed by atoms with E-state index in [1.165, 1.54) is 29.0 Å². The number of ether oxygens (including phenoxy) is 1. The van der Waals surface area contributed by atoms with Crippen molar-refractivity contribution in [2.75, 3.05) is 6.61 Å². The van der Waals surface area contributed by atoms with Crippen LogP contribution in [0, 0.1) is 0 Å². The topological polar surface area (TPSA) is 205 Å². The Balaban J connectivity index is 1.59. The number of carbonyl (C=O) groups is 2. The molecule has 2 heterocycles. The van der Waals surface area contributed by atoms with E-state index >= 15 is 0 Å². The largest absolute Gasteiger partial charge is 0.461 e. The zero-order valence-corrected chi connectivity index (χ0v) is 26.2. The molecule has 2 aliphatic carbocycles. The maximum absolute atomic E-state index is 13.4. The van der Waals surface area contributed by atoms with Gasteiger partial charge >= 0.3 is 5.97 Å². The van der Waals surface area contributed by atoms with Crippen LogP contribution in [0.2, 0.25) is 0 Å². The quantitative estimate of drug-likeness (QED) is 0.145. The molecule has 1 aromatic heterocycles. The molecule has 0 spiro atoms. The maximum Gasteiger partial charge on any atom is 0.359 e. The molecule has 16 heteroatoms. The van der Waals surface area contributed by atoms with Gasteiger partial charge < -0.3 is 4.74 Å². The van der Waals surface area contributed by atoms with Crippen LogP contribution in [0.25, 0.3) is 6.08 Å². The SMILES string of the molecule is CCOC(=O)C1=NN(C2CCCCC2S(=O)(=O)O)C(=O)/C1=C\C=CC=Cc1c(CC)[nH]n(C2CCCCC2S(=O)(=O)O)c1=O. The molecular formula is C28H38N4O10S2. The van der Waals surface area contributed by atoms with Crippen LogP contribution in [0.4, 0.5) is 0 Å². The van der Waals surface area contributed by atoms with E-state index in [9.17, 15) is 40.3 Å². The summed E-state index contributed by atoms with van der Waals surface area (Å²) in [6.07, 6.45) is 11.5. The van der Waals surface area contributed by atoms with Crippen LogP contribution in [0.1, 0.15) is 82.5 Å². The molecule has 44 heavy (non-hydrogen) atoms. The van der Waals surface area contributed by atoms with Crippen molar-refractivity contribution in [3.8, 4) is 0 Å². The van der Waals surface area contributed by atoms with E-state index in [4.69, 9.17) is 4.74 Å². The fourth-order valence-electron chi connectivity index (χ4n) is 6.14. The standard InChI is InChI=1S/C28H38N4O10S2/c1-3-20-18(26(33)31(29-20)21-14-8-10-16-23(21)43(36,37)38)12-6-5-7-13-19-25(28(35)42-4-2)30-32(27(19)34)22-15-9-11-17-24(22)44(39,40)41/h5-7,12-13,21-24,29H,3-4,8-11,14-17H2,1-2H3,(H,36,37,38)(H,39,40,41)/b7-5?,12-6?,19-13-. The predicted molar refractivity (Wildman–Crippen MR) is 162 cm³/mol. The van der Waals surface area contributed by atoms with Crippen LogP contribution >= 0.6 is 0 Å². The van der Waals surface area contributed by atoms with Crippen LogP contribution in [0.5, 0.6) is 0 Å². The van der Waals surface area contributed by atoms with Crippen molar-refractivity contribution in [1.82, 2.24) is 14.8 Å². The minimum atomic E-state index is -4.47. The van der Waals surface area contributed by atoms with Gasteiger partial charge in [0.15, 0.2) is 5.71 Å². The van der Waals surface area contributed by atoms with Crippen molar-refractivity contribution in [2.45, 2.75) is 94.2 Å². The van der Waals surface area contributed by atoms with Crippen LogP contribution in [-0.2, 0) is 41.0 Å². The summed E-state index contributed by atoms with van der Waals surface area (Å²) in [6.45, 7) is 3.45. The Kier molecular flexibility index (Phi) is 10.5. The highest BCUT2D eigenvalue weighted by atomic mass is 32.2. The summed E-state index contributed by atoms with van der Waals surface area (Å²) in [5.74, 6) is -1.56. The van der Waals surface area contributed by atoms with E-state index in [1.54, 1.807) is 13.0 Å². The molecule has 0 bridgehead atoms. The van der Waals surface area contributed by atoms with Crippen LogP contribution < -0.4 is 5.56 Å². The van der Waals surface area contributed by atoms with Gasteiger partial charge in [-0.25, -0.2) is 14.5 Å². The van der Waals surface area contributed by atoms with Gasteiger partial charge in [-0.1, -0.05) is 50.8 Å². The normalized spacial score (nSPS) is 26.2. The van der Waals surface area contributed by atoms with Crippen LogP contribution in [0.15, 0.2) is 39.8 Å². The number of aromatic nitrogens is 2. The van der Waals surface area contributed by atoms with Gasteiger partial charge in [-0.3, -0.25) is 23.8 Å². The zero-order valence-electron chi connectivity index (χ0n) is 24.6. The first-order valence-electron chi connectivity index (χ1n) is 14.7. The molecule has 1 aliphatic heterocycles. The van der Waals surface area contributed by atoms with E-state index in [-0.39, 0.29) is 37.2 Å². The highest BCUT2D eigenvalue weighted by Crippen LogP contribution is 2.33. The molecule has 242 valence electrons. The van der Waals surface area contributed by atoms with Crippen LogP contribution in [0.3, 0.4) is 0 Å². The molecule has 0 aromatic carbocycles. The fourth-order valence-corrected chi connectivity index (χ4v) is 8.37. The Bertz CT molecular complexity index is 1670. The van der Waals surface area contributed by atoms with Gasteiger partial charge in [0.05, 0.1) is 29.8 Å². The van der Waals surface area contributed by atoms with Gasteiger partial charge in [0.2, 0.25) is 0 Å². The third-order valence-corrected chi connectivity index (χ3v) is 10.9. The molecule has 3 aliphatic rings. The third-order valence-electron chi connectivity index (χ3n) is 8.25. The molecule has 3 N–H and O–H groups in total. The van der Waals surface area contributed by atoms with Crippen molar-refractivity contribution in [3.63, 3.8) is 0 Å². The predicted octanol–water partition coefficient (Wildman–Crippen LogP) is 2.57. The van der Waals surface area contributed by atoms with Crippen molar-refractivity contribution in [1.29, 1.82) is 0 Å². The van der Waals surface area contributed by atoms with Gasteiger partial charge in [-0.15, -0.1) is 0 Å². The number of hydrogen-bond donors (Lipinski definition) is 3. The lowest BCUT2D eigenvalue weighted by molar-refractivity contribution is -0.135. The first-order chi connectivity index (χ1) is 20.8. The molecule has 0 saturated heterocycles.